The number of hydrogen-bond acceptors (Lipinski definition) is 2. The van der Waals surface area contributed by atoms with E-state index >= 15 is 0 Å². The molecule has 1 heterocycles. The molecule has 1 saturated carbocycles. The van der Waals surface area contributed by atoms with Gasteiger partial charge in [-0.05, 0) is 19.3 Å². The van der Waals surface area contributed by atoms with E-state index in [4.69, 9.17) is 5.73 Å². The second kappa shape index (κ2) is 4.95. The molecule has 104 valence electrons. The first-order valence-electron chi connectivity index (χ1n) is 6.20. The number of likely N-dealkylation sites (tertiary alicyclic amines) is 1. The van der Waals surface area contributed by atoms with E-state index in [1.54, 1.807) is 0 Å². The van der Waals surface area contributed by atoms with E-state index in [1.165, 1.54) is 4.90 Å². The van der Waals surface area contributed by atoms with Crippen molar-refractivity contribution in [2.75, 3.05) is 26.7 Å². The third-order valence-electron chi connectivity index (χ3n) is 3.42. The summed E-state index contributed by atoms with van der Waals surface area (Å²) in [6, 6.07) is 0.370. The average molecular weight is 264 g/mol. The van der Waals surface area contributed by atoms with Gasteiger partial charge >= 0.3 is 6.18 Å². The van der Waals surface area contributed by atoms with Crippen LogP contribution in [0.5, 0.6) is 0 Å². The van der Waals surface area contributed by atoms with Crippen molar-refractivity contribution in [3.05, 3.63) is 0 Å². The van der Waals surface area contributed by atoms with Crippen molar-refractivity contribution in [2.24, 2.45) is 10.7 Å². The van der Waals surface area contributed by atoms with Gasteiger partial charge in [-0.2, -0.15) is 13.2 Å². The van der Waals surface area contributed by atoms with Crippen molar-refractivity contribution in [2.45, 2.75) is 37.5 Å². The Morgan fingerprint density at radius 2 is 2.06 bits per heavy atom. The Balaban J connectivity index is 1.83. The fraction of sp³-hybridized carbons (Fsp3) is 0.909. The molecule has 0 aromatic heterocycles. The van der Waals surface area contributed by atoms with Gasteiger partial charge in [0.15, 0.2) is 5.96 Å². The summed E-state index contributed by atoms with van der Waals surface area (Å²) < 4.78 is 36.7. The third-order valence-corrected chi connectivity index (χ3v) is 3.42. The van der Waals surface area contributed by atoms with Crippen molar-refractivity contribution < 1.29 is 13.2 Å². The Bertz CT molecular complexity index is 325. The molecule has 2 rings (SSSR count). The number of nitrogens with two attached hydrogens (primary N) is 1. The molecule has 0 radical (unpaired) electrons. The summed E-state index contributed by atoms with van der Waals surface area (Å²) in [6.07, 6.45) is -1.24. The van der Waals surface area contributed by atoms with Crippen molar-refractivity contribution in [3.63, 3.8) is 0 Å². The molecule has 0 bridgehead atoms. The molecule has 0 amide bonds. The molecule has 0 aromatic rings. The van der Waals surface area contributed by atoms with Crippen LogP contribution in [0, 0.1) is 0 Å². The van der Waals surface area contributed by atoms with E-state index in [2.05, 4.69) is 4.99 Å². The summed E-state index contributed by atoms with van der Waals surface area (Å²) in [5, 5.41) is 0. The van der Waals surface area contributed by atoms with Gasteiger partial charge < -0.3 is 10.6 Å². The summed E-state index contributed by atoms with van der Waals surface area (Å²) in [7, 11) is 1.89. The van der Waals surface area contributed by atoms with Gasteiger partial charge in [-0.3, -0.25) is 4.90 Å². The first kappa shape index (κ1) is 13.5. The Labute approximate surface area is 105 Å². The summed E-state index contributed by atoms with van der Waals surface area (Å²) >= 11 is 0. The molecule has 0 aromatic carbocycles. The number of aliphatic imine (C=N–C) groups is 1. The van der Waals surface area contributed by atoms with Gasteiger partial charge in [-0.1, -0.05) is 0 Å². The van der Waals surface area contributed by atoms with Gasteiger partial charge in [-0.25, -0.2) is 4.99 Å². The summed E-state index contributed by atoms with van der Waals surface area (Å²) in [6.45, 7) is -0.0653. The molecular formula is C11H19F3N4. The number of halogens is 3. The van der Waals surface area contributed by atoms with E-state index in [9.17, 15) is 13.2 Å². The number of hydrogen-bond donors (Lipinski definition) is 1. The molecule has 1 atom stereocenters. The van der Waals surface area contributed by atoms with Crippen LogP contribution in [0.15, 0.2) is 4.99 Å². The van der Waals surface area contributed by atoms with Gasteiger partial charge in [0, 0.05) is 26.2 Å². The molecule has 4 nitrogen and oxygen atoms in total. The Morgan fingerprint density at radius 3 is 2.61 bits per heavy atom. The Morgan fingerprint density at radius 1 is 1.39 bits per heavy atom. The predicted molar refractivity (Wildman–Crippen MR) is 63.3 cm³/mol. The number of nitrogens with zero attached hydrogens (tertiary/aromatic N) is 3. The number of alkyl halides is 3. The minimum absolute atomic E-state index is 0.103. The monoisotopic (exact) mass is 264 g/mol. The predicted octanol–water partition coefficient (Wildman–Crippen LogP) is 1.03. The zero-order chi connectivity index (χ0) is 13.3. The minimum atomic E-state index is -4.13. The highest BCUT2D eigenvalue weighted by molar-refractivity contribution is 5.78. The summed E-state index contributed by atoms with van der Waals surface area (Å²) in [5.41, 5.74) is 5.85. The van der Waals surface area contributed by atoms with E-state index in [0.717, 1.165) is 12.8 Å². The zero-order valence-corrected chi connectivity index (χ0v) is 10.5. The first-order valence-corrected chi connectivity index (χ1v) is 6.20. The fourth-order valence-electron chi connectivity index (χ4n) is 2.24. The standard InChI is InChI=1S/C11H19F3N4/c1-17(9-2-3-9)10(15)16-8-4-5-18(6-8)7-11(12,13)14/h8-9H,2-7H2,1H3,(H2,15,16). The van der Waals surface area contributed by atoms with Gasteiger partial charge in [-0.15, -0.1) is 0 Å². The average Bonchev–Trinajstić information content (AvgIpc) is 3.00. The maximum absolute atomic E-state index is 12.2. The van der Waals surface area contributed by atoms with E-state index in [1.807, 2.05) is 11.9 Å². The number of guanidine groups is 1. The highest BCUT2D eigenvalue weighted by Crippen LogP contribution is 2.25. The molecule has 1 aliphatic carbocycles. The van der Waals surface area contributed by atoms with Gasteiger partial charge in [0.25, 0.3) is 0 Å². The van der Waals surface area contributed by atoms with Gasteiger partial charge in [0.05, 0.1) is 12.6 Å². The highest BCUT2D eigenvalue weighted by Gasteiger charge is 2.34. The van der Waals surface area contributed by atoms with Crippen LogP contribution in [-0.2, 0) is 0 Å². The molecule has 1 saturated heterocycles. The lowest BCUT2D eigenvalue weighted by Gasteiger charge is -2.19. The van der Waals surface area contributed by atoms with Crippen LogP contribution in [-0.4, -0.2) is 60.7 Å². The van der Waals surface area contributed by atoms with Gasteiger partial charge in [0.2, 0.25) is 0 Å². The molecule has 1 aliphatic heterocycles. The van der Waals surface area contributed by atoms with Crippen molar-refractivity contribution in [1.82, 2.24) is 9.80 Å². The quantitative estimate of drug-likeness (QED) is 0.612. The maximum atomic E-state index is 12.2. The van der Waals surface area contributed by atoms with Crippen LogP contribution >= 0.6 is 0 Å². The van der Waals surface area contributed by atoms with E-state index in [-0.39, 0.29) is 6.04 Å². The van der Waals surface area contributed by atoms with E-state index in [0.29, 0.717) is 31.5 Å². The largest absolute Gasteiger partial charge is 0.401 e. The van der Waals surface area contributed by atoms with Crippen LogP contribution in [0.3, 0.4) is 0 Å². The molecule has 18 heavy (non-hydrogen) atoms. The summed E-state index contributed by atoms with van der Waals surface area (Å²) in [4.78, 5) is 7.64. The maximum Gasteiger partial charge on any atom is 0.401 e. The zero-order valence-electron chi connectivity index (χ0n) is 10.5. The Hall–Kier alpha value is -0.980. The van der Waals surface area contributed by atoms with Crippen LogP contribution in [0.1, 0.15) is 19.3 Å². The van der Waals surface area contributed by atoms with Crippen LogP contribution in [0.25, 0.3) is 0 Å². The number of rotatable bonds is 3. The lowest BCUT2D eigenvalue weighted by atomic mass is 10.3. The summed E-state index contributed by atoms with van der Waals surface area (Å²) in [5.74, 6) is 0.455. The molecule has 2 aliphatic rings. The highest BCUT2D eigenvalue weighted by atomic mass is 19.4. The van der Waals surface area contributed by atoms with Crippen LogP contribution in [0.4, 0.5) is 13.2 Å². The van der Waals surface area contributed by atoms with Crippen molar-refractivity contribution >= 4 is 5.96 Å². The Kier molecular flexibility index (Phi) is 3.70. The lowest BCUT2D eigenvalue weighted by molar-refractivity contribution is -0.143. The molecule has 2 N–H and O–H groups in total. The van der Waals surface area contributed by atoms with Gasteiger partial charge in [0.1, 0.15) is 0 Å². The molecule has 2 fully saturated rings. The van der Waals surface area contributed by atoms with Crippen LogP contribution < -0.4 is 5.73 Å². The molecular weight excluding hydrogens is 245 g/mol. The fourth-order valence-corrected chi connectivity index (χ4v) is 2.24. The second-order valence-electron chi connectivity index (χ2n) is 5.12. The molecule has 7 heteroatoms. The smallest absolute Gasteiger partial charge is 0.370 e. The third kappa shape index (κ3) is 3.76. The van der Waals surface area contributed by atoms with E-state index < -0.39 is 12.7 Å². The topological polar surface area (TPSA) is 44.9 Å². The van der Waals surface area contributed by atoms with Crippen molar-refractivity contribution in [1.29, 1.82) is 0 Å². The SMILES string of the molecule is CN(C(N)=NC1CCN(CC(F)(F)F)C1)C1CC1. The van der Waals surface area contributed by atoms with Crippen LogP contribution in [0.2, 0.25) is 0 Å². The minimum Gasteiger partial charge on any atom is -0.370 e. The normalized spacial score (nSPS) is 26.7. The van der Waals surface area contributed by atoms with Crippen molar-refractivity contribution in [3.8, 4) is 0 Å². The molecule has 1 unspecified atom stereocenters. The lowest BCUT2D eigenvalue weighted by Crippen LogP contribution is -2.37. The second-order valence-corrected chi connectivity index (χ2v) is 5.12. The first-order chi connectivity index (χ1) is 8.35. The molecule has 0 spiro atoms.